The van der Waals surface area contributed by atoms with E-state index in [0.29, 0.717) is 5.00 Å². The molecule has 0 aliphatic carbocycles. The number of imidazole rings is 1. The molecule has 6 heteroatoms. The van der Waals surface area contributed by atoms with Gasteiger partial charge >= 0.3 is 5.13 Å². The second kappa shape index (κ2) is 7.93. The Balaban J connectivity index is 1.44. The number of fused-ring (bicyclic) bond motifs is 1. The van der Waals surface area contributed by atoms with Crippen LogP contribution < -0.4 is 9.88 Å². The fourth-order valence-electron chi connectivity index (χ4n) is 3.58. The molecule has 0 fully saturated rings. The van der Waals surface area contributed by atoms with Gasteiger partial charge in [0.2, 0.25) is 5.91 Å². The number of nitrogens with zero attached hydrogens (tertiary/aromatic N) is 2. The SMILES string of the molecule is O=C(Nc1cnc(-[n+]2c[nH]c3ccccc32)s1)C(c1ccccc1)c1ccccc1. The van der Waals surface area contributed by atoms with Crippen molar-refractivity contribution in [2.45, 2.75) is 5.92 Å². The molecule has 1 amide bonds. The summed E-state index contributed by atoms with van der Waals surface area (Å²) in [6, 6.07) is 27.7. The van der Waals surface area contributed by atoms with Crippen LogP contribution in [0.25, 0.3) is 16.2 Å². The topological polar surface area (TPSA) is 61.7 Å². The van der Waals surface area contributed by atoms with Crippen molar-refractivity contribution in [3.63, 3.8) is 0 Å². The maximum atomic E-state index is 13.3. The number of aromatic amines is 1. The van der Waals surface area contributed by atoms with Crippen molar-refractivity contribution >= 4 is 33.3 Å². The first-order valence-electron chi connectivity index (χ1n) is 9.64. The van der Waals surface area contributed by atoms with E-state index in [1.54, 1.807) is 6.20 Å². The molecule has 2 heterocycles. The van der Waals surface area contributed by atoms with Crippen molar-refractivity contribution in [2.75, 3.05) is 5.32 Å². The number of hydrogen-bond acceptors (Lipinski definition) is 3. The van der Waals surface area contributed by atoms with E-state index < -0.39 is 5.92 Å². The Bertz CT molecular complexity index is 1260. The first-order chi connectivity index (χ1) is 14.8. The summed E-state index contributed by atoms with van der Waals surface area (Å²) in [6.07, 6.45) is 3.59. The second-order valence-electron chi connectivity index (χ2n) is 6.91. The van der Waals surface area contributed by atoms with Gasteiger partial charge in [0, 0.05) is 0 Å². The van der Waals surface area contributed by atoms with Crippen molar-refractivity contribution in [2.24, 2.45) is 0 Å². The fraction of sp³-hybridized carbons (Fsp3) is 0.0417. The second-order valence-corrected chi connectivity index (χ2v) is 7.92. The molecule has 0 atom stereocenters. The third-order valence-electron chi connectivity index (χ3n) is 4.99. The molecule has 2 aromatic heterocycles. The molecule has 0 saturated heterocycles. The average Bonchev–Trinajstić information content (AvgIpc) is 3.42. The summed E-state index contributed by atoms with van der Waals surface area (Å²) in [7, 11) is 0. The van der Waals surface area contributed by atoms with E-state index in [2.05, 4.69) is 15.3 Å². The molecule has 5 rings (SSSR count). The van der Waals surface area contributed by atoms with Crippen LogP contribution in [0.3, 0.4) is 0 Å². The van der Waals surface area contributed by atoms with Gasteiger partial charge in [0.05, 0.1) is 5.92 Å². The van der Waals surface area contributed by atoms with Crippen LogP contribution in [-0.4, -0.2) is 15.9 Å². The molecular weight excluding hydrogens is 392 g/mol. The quantitative estimate of drug-likeness (QED) is 0.413. The minimum absolute atomic E-state index is 0.0773. The van der Waals surface area contributed by atoms with Crippen LogP contribution in [-0.2, 0) is 4.79 Å². The molecule has 30 heavy (non-hydrogen) atoms. The van der Waals surface area contributed by atoms with E-state index in [1.165, 1.54) is 11.3 Å². The van der Waals surface area contributed by atoms with Crippen molar-refractivity contribution in [3.8, 4) is 5.13 Å². The lowest BCUT2D eigenvalue weighted by Crippen LogP contribution is -2.27. The van der Waals surface area contributed by atoms with Crippen molar-refractivity contribution in [3.05, 3.63) is 109 Å². The fourth-order valence-corrected chi connectivity index (χ4v) is 4.39. The number of carbonyl (C=O) groups is 1. The van der Waals surface area contributed by atoms with Gasteiger partial charge in [-0.25, -0.2) is 0 Å². The lowest BCUT2D eigenvalue weighted by molar-refractivity contribution is -0.566. The molecule has 0 spiro atoms. The highest BCUT2D eigenvalue weighted by atomic mass is 32.1. The molecule has 0 unspecified atom stereocenters. The summed E-state index contributed by atoms with van der Waals surface area (Å²) in [5, 5.41) is 4.57. The molecular formula is C24H19N4OS+. The number of nitrogens with one attached hydrogen (secondary N) is 2. The Hall–Kier alpha value is -3.77. The summed E-state index contributed by atoms with van der Waals surface area (Å²) >= 11 is 1.44. The van der Waals surface area contributed by atoms with Gasteiger partial charge in [-0.2, -0.15) is 4.57 Å². The zero-order valence-electron chi connectivity index (χ0n) is 16.0. The van der Waals surface area contributed by atoms with E-state index >= 15 is 0 Å². The highest BCUT2D eigenvalue weighted by Crippen LogP contribution is 2.28. The van der Waals surface area contributed by atoms with Crippen LogP contribution in [0.15, 0.2) is 97.5 Å². The molecule has 5 nitrogen and oxygen atoms in total. The third-order valence-corrected chi connectivity index (χ3v) is 5.90. The molecule has 0 radical (unpaired) electrons. The number of benzene rings is 3. The maximum absolute atomic E-state index is 13.3. The van der Waals surface area contributed by atoms with Gasteiger partial charge in [-0.15, -0.1) is 0 Å². The Morgan fingerprint density at radius 1 is 0.900 bits per heavy atom. The number of para-hydroxylation sites is 2. The summed E-state index contributed by atoms with van der Waals surface area (Å²) < 4.78 is 1.99. The Morgan fingerprint density at radius 2 is 1.53 bits per heavy atom. The van der Waals surface area contributed by atoms with Gasteiger partial charge in [0.1, 0.15) is 22.2 Å². The van der Waals surface area contributed by atoms with Crippen molar-refractivity contribution in [1.29, 1.82) is 0 Å². The van der Waals surface area contributed by atoms with Gasteiger partial charge in [-0.05, 0) is 34.6 Å². The number of amides is 1. The lowest BCUT2D eigenvalue weighted by Gasteiger charge is -2.17. The summed E-state index contributed by atoms with van der Waals surface area (Å²) in [5.74, 6) is -0.467. The molecule has 146 valence electrons. The minimum Gasteiger partial charge on any atom is -0.314 e. The number of carbonyl (C=O) groups excluding carboxylic acids is 1. The molecule has 0 aliphatic heterocycles. The Labute approximate surface area is 177 Å². The normalized spacial score (nSPS) is 11.1. The monoisotopic (exact) mass is 411 g/mol. The minimum atomic E-state index is -0.390. The van der Waals surface area contributed by atoms with Crippen molar-refractivity contribution in [1.82, 2.24) is 9.97 Å². The van der Waals surface area contributed by atoms with Crippen LogP contribution in [0, 0.1) is 0 Å². The van der Waals surface area contributed by atoms with Gasteiger partial charge in [0.15, 0.2) is 6.33 Å². The predicted molar refractivity (Wildman–Crippen MR) is 119 cm³/mol. The van der Waals surface area contributed by atoms with Gasteiger partial charge in [0.25, 0.3) is 0 Å². The maximum Gasteiger partial charge on any atom is 0.327 e. The van der Waals surface area contributed by atoms with E-state index in [-0.39, 0.29) is 5.91 Å². The number of hydrogen-bond donors (Lipinski definition) is 2. The molecule has 0 bridgehead atoms. The van der Waals surface area contributed by atoms with Crippen LogP contribution in [0.2, 0.25) is 0 Å². The highest BCUT2D eigenvalue weighted by molar-refractivity contribution is 7.17. The molecule has 5 aromatic rings. The number of aromatic nitrogens is 3. The van der Waals surface area contributed by atoms with E-state index in [9.17, 15) is 4.79 Å². The Morgan fingerprint density at radius 3 is 2.23 bits per heavy atom. The molecule has 0 aliphatic rings. The first kappa shape index (κ1) is 18.3. The lowest BCUT2D eigenvalue weighted by atomic mass is 9.90. The zero-order valence-corrected chi connectivity index (χ0v) is 16.8. The smallest absolute Gasteiger partial charge is 0.314 e. The van der Waals surface area contributed by atoms with E-state index in [0.717, 1.165) is 27.3 Å². The number of rotatable bonds is 5. The highest BCUT2D eigenvalue weighted by Gasteiger charge is 2.24. The summed E-state index contributed by atoms with van der Waals surface area (Å²) in [6.45, 7) is 0. The number of anilines is 1. The summed E-state index contributed by atoms with van der Waals surface area (Å²) in [5.41, 5.74) is 3.98. The number of H-pyrrole nitrogens is 1. The molecule has 3 aromatic carbocycles. The largest absolute Gasteiger partial charge is 0.327 e. The van der Waals surface area contributed by atoms with E-state index in [4.69, 9.17) is 0 Å². The van der Waals surface area contributed by atoms with Crippen molar-refractivity contribution < 1.29 is 9.36 Å². The van der Waals surface area contributed by atoms with Gasteiger partial charge in [-0.1, -0.05) is 77.8 Å². The first-order valence-corrected chi connectivity index (χ1v) is 10.5. The Kier molecular flexibility index (Phi) is 4.83. The van der Waals surface area contributed by atoms with Crippen LogP contribution in [0.4, 0.5) is 5.00 Å². The van der Waals surface area contributed by atoms with Crippen LogP contribution in [0.5, 0.6) is 0 Å². The van der Waals surface area contributed by atoms with Gasteiger partial charge in [-0.3, -0.25) is 9.78 Å². The number of thiazole rings is 1. The van der Waals surface area contributed by atoms with E-state index in [1.807, 2.05) is 95.8 Å². The zero-order chi connectivity index (χ0) is 20.3. The standard InChI is InChI=1S/C24H18N4OS/c29-23(22(17-9-3-1-4-10-17)18-11-5-2-6-12-18)27-21-15-25-24(30-21)28-16-26-19-13-7-8-14-20(19)28/h1-16,22H,(H,27,29)/p+1. The average molecular weight is 412 g/mol. The van der Waals surface area contributed by atoms with Crippen LogP contribution in [0.1, 0.15) is 17.0 Å². The predicted octanol–water partition coefficient (Wildman–Crippen LogP) is 4.67. The molecule has 0 saturated carbocycles. The summed E-state index contributed by atoms with van der Waals surface area (Å²) in [4.78, 5) is 21.0. The van der Waals surface area contributed by atoms with Crippen LogP contribution >= 0.6 is 11.3 Å². The van der Waals surface area contributed by atoms with Gasteiger partial charge < -0.3 is 5.32 Å². The molecule has 2 N–H and O–H groups in total. The third kappa shape index (κ3) is 3.49.